The number of nitrogens with one attached hydrogen (secondary N) is 1. The van der Waals surface area contributed by atoms with Gasteiger partial charge < -0.3 is 14.6 Å². The first-order valence-electron chi connectivity index (χ1n) is 11.3. The molecule has 1 N–H and O–H groups in total. The van der Waals surface area contributed by atoms with Gasteiger partial charge >= 0.3 is 0 Å². The lowest BCUT2D eigenvalue weighted by Gasteiger charge is -2.38. The van der Waals surface area contributed by atoms with Gasteiger partial charge in [-0.15, -0.1) is 0 Å². The fourth-order valence-electron chi connectivity index (χ4n) is 4.34. The molecule has 0 saturated carbocycles. The SMILES string of the molecule is COc1cnc(-n2cnc(C)n2)c2[nH]cc(C(=O)C(=O)N3CC(CCC(=O)c4ccccc4)C3)c12. The summed E-state index contributed by atoms with van der Waals surface area (Å²) in [6.07, 6.45) is 5.62. The van der Waals surface area contributed by atoms with Crippen molar-refractivity contribution in [2.45, 2.75) is 19.8 Å². The smallest absolute Gasteiger partial charge is 0.295 e. The van der Waals surface area contributed by atoms with Crippen molar-refractivity contribution in [2.24, 2.45) is 5.92 Å². The average Bonchev–Trinajstić information content (AvgIpc) is 3.49. The number of rotatable bonds is 8. The molecule has 1 amide bonds. The summed E-state index contributed by atoms with van der Waals surface area (Å²) in [4.78, 5) is 51.5. The fraction of sp³-hybridized carbons (Fsp3) is 0.280. The highest BCUT2D eigenvalue weighted by Crippen LogP contribution is 2.32. The van der Waals surface area contributed by atoms with Crippen LogP contribution in [-0.4, -0.2) is 67.3 Å². The summed E-state index contributed by atoms with van der Waals surface area (Å²) in [6.45, 7) is 2.67. The zero-order valence-electron chi connectivity index (χ0n) is 19.4. The Morgan fingerprint density at radius 3 is 2.60 bits per heavy atom. The molecule has 0 radical (unpaired) electrons. The molecule has 35 heavy (non-hydrogen) atoms. The van der Waals surface area contributed by atoms with Crippen molar-refractivity contribution >= 4 is 28.4 Å². The second-order valence-electron chi connectivity index (χ2n) is 8.57. The van der Waals surface area contributed by atoms with Gasteiger partial charge in [-0.05, 0) is 19.3 Å². The highest BCUT2D eigenvalue weighted by atomic mass is 16.5. The molecule has 0 unspecified atom stereocenters. The van der Waals surface area contributed by atoms with Crippen molar-refractivity contribution in [3.63, 3.8) is 0 Å². The number of ketones is 2. The van der Waals surface area contributed by atoms with Crippen LogP contribution >= 0.6 is 0 Å². The highest BCUT2D eigenvalue weighted by molar-refractivity contribution is 6.45. The van der Waals surface area contributed by atoms with E-state index < -0.39 is 11.7 Å². The molecule has 0 aliphatic carbocycles. The summed E-state index contributed by atoms with van der Waals surface area (Å²) >= 11 is 0. The number of pyridine rings is 1. The number of methoxy groups -OCH3 is 1. The first-order chi connectivity index (χ1) is 17.0. The molecule has 0 spiro atoms. The van der Waals surface area contributed by atoms with Crippen LogP contribution in [0.15, 0.2) is 49.1 Å². The van der Waals surface area contributed by atoms with Gasteiger partial charge in [-0.3, -0.25) is 14.4 Å². The van der Waals surface area contributed by atoms with Gasteiger partial charge in [0.25, 0.3) is 11.7 Å². The molecule has 0 bridgehead atoms. The van der Waals surface area contributed by atoms with Crippen molar-refractivity contribution < 1.29 is 19.1 Å². The van der Waals surface area contributed by atoms with Gasteiger partial charge in [0.15, 0.2) is 11.6 Å². The van der Waals surface area contributed by atoms with Gasteiger partial charge in [-0.25, -0.2) is 14.6 Å². The average molecular weight is 473 g/mol. The fourth-order valence-corrected chi connectivity index (χ4v) is 4.34. The molecule has 1 aliphatic heterocycles. The van der Waals surface area contributed by atoms with Gasteiger partial charge in [0.05, 0.1) is 29.8 Å². The molecule has 5 rings (SSSR count). The first kappa shape index (κ1) is 22.5. The lowest BCUT2D eigenvalue weighted by atomic mass is 9.91. The molecule has 3 aromatic heterocycles. The summed E-state index contributed by atoms with van der Waals surface area (Å²) in [5.41, 5.74) is 1.43. The summed E-state index contributed by atoms with van der Waals surface area (Å²) in [5, 5.41) is 4.75. The number of aromatic amines is 1. The van der Waals surface area contributed by atoms with Crippen LogP contribution in [0.4, 0.5) is 0 Å². The monoisotopic (exact) mass is 472 g/mol. The van der Waals surface area contributed by atoms with E-state index in [0.29, 0.717) is 59.8 Å². The van der Waals surface area contributed by atoms with Gasteiger partial charge in [0.1, 0.15) is 17.9 Å². The molecular weight excluding hydrogens is 448 g/mol. The van der Waals surface area contributed by atoms with E-state index in [1.807, 2.05) is 18.2 Å². The van der Waals surface area contributed by atoms with Crippen LogP contribution in [0.1, 0.15) is 39.4 Å². The summed E-state index contributed by atoms with van der Waals surface area (Å²) in [7, 11) is 1.48. The second kappa shape index (κ2) is 9.13. The molecule has 4 aromatic rings. The quantitative estimate of drug-likeness (QED) is 0.309. The van der Waals surface area contributed by atoms with E-state index in [1.54, 1.807) is 19.1 Å². The Hall–Kier alpha value is -4.34. The van der Waals surface area contributed by atoms with E-state index in [4.69, 9.17) is 4.74 Å². The minimum atomic E-state index is -0.625. The third kappa shape index (κ3) is 4.18. The Balaban J connectivity index is 1.28. The van der Waals surface area contributed by atoms with Crippen LogP contribution in [0, 0.1) is 12.8 Å². The van der Waals surface area contributed by atoms with Gasteiger partial charge in [0, 0.05) is 31.3 Å². The van der Waals surface area contributed by atoms with E-state index in [0.717, 1.165) is 0 Å². The Morgan fingerprint density at radius 2 is 1.91 bits per heavy atom. The maximum absolute atomic E-state index is 13.2. The van der Waals surface area contributed by atoms with E-state index in [-0.39, 0.29) is 17.3 Å². The molecule has 4 heterocycles. The van der Waals surface area contributed by atoms with Crippen molar-refractivity contribution in [2.75, 3.05) is 20.2 Å². The number of aryl methyl sites for hydroxylation is 1. The van der Waals surface area contributed by atoms with E-state index in [2.05, 4.69) is 20.1 Å². The second-order valence-corrected chi connectivity index (χ2v) is 8.57. The Bertz CT molecular complexity index is 1420. The van der Waals surface area contributed by atoms with Crippen LogP contribution in [0.5, 0.6) is 5.75 Å². The topological polar surface area (TPSA) is 123 Å². The highest BCUT2D eigenvalue weighted by Gasteiger charge is 2.35. The number of H-pyrrole nitrogens is 1. The summed E-state index contributed by atoms with van der Waals surface area (Å²) in [6, 6.07) is 9.16. The van der Waals surface area contributed by atoms with Crippen molar-refractivity contribution in [1.29, 1.82) is 0 Å². The minimum Gasteiger partial charge on any atom is -0.494 e. The van der Waals surface area contributed by atoms with Crippen LogP contribution in [-0.2, 0) is 4.79 Å². The number of hydrogen-bond acceptors (Lipinski definition) is 7. The maximum Gasteiger partial charge on any atom is 0.295 e. The van der Waals surface area contributed by atoms with Crippen molar-refractivity contribution in [1.82, 2.24) is 29.6 Å². The van der Waals surface area contributed by atoms with Crippen molar-refractivity contribution in [3.8, 4) is 11.6 Å². The predicted octanol–water partition coefficient (Wildman–Crippen LogP) is 2.76. The minimum absolute atomic E-state index is 0.0873. The number of ether oxygens (including phenoxy) is 1. The predicted molar refractivity (Wildman–Crippen MR) is 127 cm³/mol. The molecular formula is C25H24N6O4. The molecule has 1 fully saturated rings. The summed E-state index contributed by atoms with van der Waals surface area (Å²) in [5.74, 6) is 0.479. The van der Waals surface area contributed by atoms with Crippen LogP contribution < -0.4 is 4.74 Å². The van der Waals surface area contributed by atoms with Crippen LogP contribution in [0.25, 0.3) is 16.7 Å². The molecule has 1 aliphatic rings. The van der Waals surface area contributed by atoms with Crippen molar-refractivity contribution in [3.05, 3.63) is 66.0 Å². The van der Waals surface area contributed by atoms with Gasteiger partial charge in [-0.1, -0.05) is 30.3 Å². The number of hydrogen-bond donors (Lipinski definition) is 1. The maximum atomic E-state index is 13.2. The molecule has 0 atom stereocenters. The van der Waals surface area contributed by atoms with Gasteiger partial charge in [-0.2, -0.15) is 5.10 Å². The summed E-state index contributed by atoms with van der Waals surface area (Å²) < 4.78 is 6.92. The number of Topliss-reactive ketones (excluding diaryl/α,β-unsaturated/α-hetero) is 2. The van der Waals surface area contributed by atoms with Crippen LogP contribution in [0.3, 0.4) is 0 Å². The molecule has 178 valence electrons. The number of carbonyl (C=O) groups excluding carboxylic acids is 3. The standard InChI is InChI=1S/C25H24N6O4/c1-15-28-14-31(29-15)24-22-21(20(35-2)11-27-24)18(10-26-22)23(33)25(34)30-12-16(13-30)8-9-19(32)17-6-4-3-5-7-17/h3-7,10-11,14,16,26H,8-9,12-13H2,1-2H3. The molecule has 10 heteroatoms. The number of aromatic nitrogens is 5. The normalized spacial score (nSPS) is 13.6. The number of nitrogens with zero attached hydrogens (tertiary/aromatic N) is 5. The molecule has 1 aromatic carbocycles. The largest absolute Gasteiger partial charge is 0.494 e. The van der Waals surface area contributed by atoms with Crippen LogP contribution in [0.2, 0.25) is 0 Å². The Labute approximate surface area is 200 Å². The number of carbonyl (C=O) groups is 3. The van der Waals surface area contributed by atoms with E-state index >= 15 is 0 Å². The number of benzene rings is 1. The number of amides is 1. The lowest BCUT2D eigenvalue weighted by molar-refractivity contribution is -0.132. The first-order valence-corrected chi connectivity index (χ1v) is 11.3. The zero-order chi connectivity index (χ0) is 24.5. The Morgan fingerprint density at radius 1 is 1.14 bits per heavy atom. The zero-order valence-corrected chi connectivity index (χ0v) is 19.4. The third-order valence-corrected chi connectivity index (χ3v) is 6.26. The third-order valence-electron chi connectivity index (χ3n) is 6.26. The van der Waals surface area contributed by atoms with Gasteiger partial charge in [0.2, 0.25) is 0 Å². The Kier molecular flexibility index (Phi) is 5.86. The number of fused-ring (bicyclic) bond motifs is 1. The molecule has 1 saturated heterocycles. The molecule has 10 nitrogen and oxygen atoms in total. The number of likely N-dealkylation sites (tertiary alicyclic amines) is 1. The lowest BCUT2D eigenvalue weighted by Crippen LogP contribution is -2.52. The van der Waals surface area contributed by atoms with E-state index in [1.165, 1.54) is 35.4 Å². The van der Waals surface area contributed by atoms with E-state index in [9.17, 15) is 14.4 Å².